The number of benzene rings is 1. The van der Waals surface area contributed by atoms with Crippen molar-refractivity contribution >= 4 is 11.8 Å². The first-order chi connectivity index (χ1) is 13.0. The van der Waals surface area contributed by atoms with Crippen molar-refractivity contribution in [3.8, 4) is 0 Å². The van der Waals surface area contributed by atoms with Crippen LogP contribution in [0.2, 0.25) is 0 Å². The van der Waals surface area contributed by atoms with Gasteiger partial charge in [0.25, 0.3) is 11.8 Å². The van der Waals surface area contributed by atoms with Gasteiger partial charge in [-0.25, -0.2) is 0 Å². The molecular formula is C20H24N4O3. The van der Waals surface area contributed by atoms with Crippen molar-refractivity contribution in [2.24, 2.45) is 18.9 Å². The predicted octanol–water partition coefficient (Wildman–Crippen LogP) is 1.25. The molecule has 2 aliphatic heterocycles. The molecule has 1 aromatic heterocycles. The molecule has 2 fully saturated rings. The minimum absolute atomic E-state index is 0.0503. The normalized spacial score (nSPS) is 24.1. The third kappa shape index (κ3) is 3.47. The van der Waals surface area contributed by atoms with Gasteiger partial charge < -0.3 is 15.0 Å². The highest BCUT2D eigenvalue weighted by atomic mass is 16.5. The van der Waals surface area contributed by atoms with E-state index in [0.717, 1.165) is 11.1 Å². The van der Waals surface area contributed by atoms with E-state index in [-0.39, 0.29) is 29.8 Å². The van der Waals surface area contributed by atoms with E-state index in [2.05, 4.69) is 10.4 Å². The quantitative estimate of drug-likeness (QED) is 0.881. The first-order valence-corrected chi connectivity index (χ1v) is 9.26. The number of hydrogen-bond acceptors (Lipinski definition) is 4. The number of hydrogen-bond donors (Lipinski definition) is 1. The zero-order valence-corrected chi connectivity index (χ0v) is 15.6. The Balaban J connectivity index is 1.36. The summed E-state index contributed by atoms with van der Waals surface area (Å²) in [7, 11) is 1.75. The lowest BCUT2D eigenvalue weighted by atomic mass is 9.93. The fourth-order valence-corrected chi connectivity index (χ4v) is 4.05. The minimum Gasteiger partial charge on any atom is -0.376 e. The van der Waals surface area contributed by atoms with Crippen LogP contribution < -0.4 is 5.32 Å². The smallest absolute Gasteiger partial charge is 0.269 e. The molecule has 1 aromatic carbocycles. The molecule has 2 saturated heterocycles. The number of nitrogens with one attached hydrogen (secondary N) is 1. The molecule has 7 nitrogen and oxygen atoms in total. The molecule has 2 aliphatic rings. The van der Waals surface area contributed by atoms with Crippen LogP contribution in [0, 0.1) is 18.8 Å². The Bertz CT molecular complexity index is 862. The molecule has 0 aliphatic carbocycles. The highest BCUT2D eigenvalue weighted by Crippen LogP contribution is 2.34. The Kier molecular flexibility index (Phi) is 4.70. The molecule has 1 N–H and O–H groups in total. The van der Waals surface area contributed by atoms with Gasteiger partial charge in [0.15, 0.2) is 0 Å². The number of likely N-dealkylation sites (tertiary alicyclic amines) is 1. The molecular weight excluding hydrogens is 344 g/mol. The largest absolute Gasteiger partial charge is 0.376 e. The molecule has 0 unspecified atom stereocenters. The molecule has 142 valence electrons. The maximum atomic E-state index is 12.8. The molecule has 3 atom stereocenters. The zero-order valence-electron chi connectivity index (χ0n) is 15.6. The van der Waals surface area contributed by atoms with E-state index < -0.39 is 0 Å². The molecule has 0 bridgehead atoms. The lowest BCUT2D eigenvalue weighted by Gasteiger charge is -2.20. The maximum Gasteiger partial charge on any atom is 0.269 e. The molecule has 0 saturated carbocycles. The highest BCUT2D eigenvalue weighted by molar-refractivity contribution is 5.94. The summed E-state index contributed by atoms with van der Waals surface area (Å²) in [6, 6.07) is 9.37. The fraction of sp³-hybridized carbons (Fsp3) is 0.450. The maximum absolute atomic E-state index is 12.8. The summed E-state index contributed by atoms with van der Waals surface area (Å²) in [5.74, 6) is 0.381. The summed E-state index contributed by atoms with van der Waals surface area (Å²) >= 11 is 0. The minimum atomic E-state index is -0.135. The summed E-state index contributed by atoms with van der Waals surface area (Å²) in [4.78, 5) is 26.9. The van der Waals surface area contributed by atoms with Gasteiger partial charge in [0, 0.05) is 50.3 Å². The van der Waals surface area contributed by atoms with E-state index in [1.807, 2.05) is 36.1 Å². The van der Waals surface area contributed by atoms with Crippen molar-refractivity contribution in [3.63, 3.8) is 0 Å². The first kappa shape index (κ1) is 17.7. The number of rotatable bonds is 4. The van der Waals surface area contributed by atoms with E-state index in [4.69, 9.17) is 4.74 Å². The van der Waals surface area contributed by atoms with E-state index >= 15 is 0 Å². The van der Waals surface area contributed by atoms with Gasteiger partial charge in [0.1, 0.15) is 5.69 Å². The predicted molar refractivity (Wildman–Crippen MR) is 99.3 cm³/mol. The monoisotopic (exact) mass is 368 g/mol. The van der Waals surface area contributed by atoms with Crippen molar-refractivity contribution < 1.29 is 14.3 Å². The van der Waals surface area contributed by atoms with Gasteiger partial charge in [-0.3, -0.25) is 14.3 Å². The first-order valence-electron chi connectivity index (χ1n) is 9.26. The van der Waals surface area contributed by atoms with Crippen LogP contribution in [0.25, 0.3) is 0 Å². The summed E-state index contributed by atoms with van der Waals surface area (Å²) in [5, 5.41) is 7.00. The molecule has 0 radical (unpaired) electrons. The fourth-order valence-electron chi connectivity index (χ4n) is 4.05. The lowest BCUT2D eigenvalue weighted by Crippen LogP contribution is -2.36. The van der Waals surface area contributed by atoms with Crippen LogP contribution in [0.15, 0.2) is 36.5 Å². The van der Waals surface area contributed by atoms with E-state index in [9.17, 15) is 9.59 Å². The number of carbonyl (C=O) groups is 2. The van der Waals surface area contributed by atoms with Gasteiger partial charge >= 0.3 is 0 Å². The van der Waals surface area contributed by atoms with Crippen molar-refractivity contribution in [1.29, 1.82) is 0 Å². The van der Waals surface area contributed by atoms with Gasteiger partial charge in [0.2, 0.25) is 0 Å². The van der Waals surface area contributed by atoms with Gasteiger partial charge in [-0.15, -0.1) is 0 Å². The van der Waals surface area contributed by atoms with Crippen LogP contribution in [0.3, 0.4) is 0 Å². The number of aromatic nitrogens is 2. The second-order valence-electron chi connectivity index (χ2n) is 7.43. The van der Waals surface area contributed by atoms with Crippen molar-refractivity contribution in [2.45, 2.75) is 13.0 Å². The van der Waals surface area contributed by atoms with Crippen molar-refractivity contribution in [1.82, 2.24) is 20.0 Å². The second-order valence-corrected chi connectivity index (χ2v) is 7.43. The molecule has 2 aromatic rings. The Morgan fingerprint density at radius 3 is 2.89 bits per heavy atom. The van der Waals surface area contributed by atoms with Crippen molar-refractivity contribution in [2.75, 3.05) is 26.2 Å². The number of amides is 2. The summed E-state index contributed by atoms with van der Waals surface area (Å²) in [5.41, 5.74) is 2.33. The van der Waals surface area contributed by atoms with Crippen LogP contribution in [-0.4, -0.2) is 58.8 Å². The summed E-state index contributed by atoms with van der Waals surface area (Å²) in [6.45, 7) is 4.43. The third-order valence-corrected chi connectivity index (χ3v) is 5.57. The SMILES string of the molecule is Cc1cccc(C(=O)N2C[C@@H]3[C@H](CNC(=O)c4ccnn4C)CO[C@@H]3C2)c1. The van der Waals surface area contributed by atoms with Gasteiger partial charge in [-0.05, 0) is 25.1 Å². The van der Waals surface area contributed by atoms with Crippen LogP contribution in [0.1, 0.15) is 26.4 Å². The van der Waals surface area contributed by atoms with Crippen LogP contribution in [0.5, 0.6) is 0 Å². The van der Waals surface area contributed by atoms with Crippen molar-refractivity contribution in [3.05, 3.63) is 53.3 Å². The Labute approximate surface area is 158 Å². The van der Waals surface area contributed by atoms with E-state index in [1.54, 1.807) is 24.0 Å². The number of carbonyl (C=O) groups excluding carboxylic acids is 2. The van der Waals surface area contributed by atoms with Gasteiger partial charge in [-0.1, -0.05) is 17.7 Å². The summed E-state index contributed by atoms with van der Waals surface area (Å²) in [6.07, 6.45) is 1.66. The molecule has 27 heavy (non-hydrogen) atoms. The Morgan fingerprint density at radius 2 is 2.15 bits per heavy atom. The molecule has 7 heteroatoms. The third-order valence-electron chi connectivity index (χ3n) is 5.57. The molecule has 0 spiro atoms. The van der Waals surface area contributed by atoms with Gasteiger partial charge in [-0.2, -0.15) is 5.10 Å². The molecule has 2 amide bonds. The number of fused-ring (bicyclic) bond motifs is 1. The number of aryl methyl sites for hydroxylation is 2. The average Bonchev–Trinajstić information content (AvgIpc) is 3.35. The number of ether oxygens (including phenoxy) is 1. The topological polar surface area (TPSA) is 76.5 Å². The van der Waals surface area contributed by atoms with E-state index in [1.165, 1.54) is 0 Å². The van der Waals surface area contributed by atoms with Crippen LogP contribution in [-0.2, 0) is 11.8 Å². The van der Waals surface area contributed by atoms with E-state index in [0.29, 0.717) is 31.9 Å². The van der Waals surface area contributed by atoms with Crippen LogP contribution >= 0.6 is 0 Å². The average molecular weight is 368 g/mol. The number of nitrogens with zero attached hydrogens (tertiary/aromatic N) is 3. The highest BCUT2D eigenvalue weighted by Gasteiger charge is 2.45. The lowest BCUT2D eigenvalue weighted by molar-refractivity contribution is 0.0674. The van der Waals surface area contributed by atoms with Gasteiger partial charge in [0.05, 0.1) is 12.7 Å². The second kappa shape index (κ2) is 7.15. The summed E-state index contributed by atoms with van der Waals surface area (Å²) < 4.78 is 7.47. The standard InChI is InChI=1S/C20H24N4O3/c1-13-4-3-5-14(8-13)20(26)24-10-16-15(12-27-18(16)11-24)9-21-19(25)17-6-7-22-23(17)2/h3-8,15-16,18H,9-12H2,1-2H3,(H,21,25)/t15-,16-,18-/m1/s1. The molecule has 4 rings (SSSR count). The zero-order chi connectivity index (χ0) is 19.0. The Hall–Kier alpha value is -2.67. The Morgan fingerprint density at radius 1 is 1.30 bits per heavy atom. The molecule has 3 heterocycles. The van der Waals surface area contributed by atoms with Crippen LogP contribution in [0.4, 0.5) is 0 Å².